The lowest BCUT2D eigenvalue weighted by Gasteiger charge is -2.15. The first-order chi connectivity index (χ1) is 11.4. The van der Waals surface area contributed by atoms with Gasteiger partial charge in [0.05, 0.1) is 6.20 Å². The van der Waals surface area contributed by atoms with Gasteiger partial charge in [0.2, 0.25) is 0 Å². The van der Waals surface area contributed by atoms with E-state index in [0.717, 1.165) is 5.56 Å². The van der Waals surface area contributed by atoms with E-state index in [4.69, 9.17) is 0 Å². The summed E-state index contributed by atoms with van der Waals surface area (Å²) in [5.74, 6) is 0.223. The number of ether oxygens (including phenoxy) is 1. The van der Waals surface area contributed by atoms with Crippen LogP contribution in [0.1, 0.15) is 11.1 Å². The van der Waals surface area contributed by atoms with E-state index in [1.54, 1.807) is 30.1 Å². The molecule has 0 bridgehead atoms. The summed E-state index contributed by atoms with van der Waals surface area (Å²) in [5.41, 5.74) is 1.33. The number of aliphatic imine (C=N–C) groups is 1. The van der Waals surface area contributed by atoms with Gasteiger partial charge < -0.3 is 15.4 Å². The highest BCUT2D eigenvalue weighted by atomic mass is 127. The zero-order valence-corrected chi connectivity index (χ0v) is 16.0. The third kappa shape index (κ3) is 7.20. The topological polar surface area (TPSA) is 63.5 Å². The number of aryl methyl sites for hydroxylation is 1. The quantitative estimate of drug-likeness (QED) is 0.402. The molecule has 2 N–H and O–H groups in total. The number of alkyl halides is 3. The van der Waals surface area contributed by atoms with Crippen molar-refractivity contribution in [3.05, 3.63) is 47.8 Å². The van der Waals surface area contributed by atoms with Crippen molar-refractivity contribution in [1.82, 2.24) is 20.4 Å². The molecule has 0 saturated carbocycles. The van der Waals surface area contributed by atoms with E-state index in [2.05, 4.69) is 25.5 Å². The molecule has 10 heteroatoms. The van der Waals surface area contributed by atoms with Crippen molar-refractivity contribution in [3.63, 3.8) is 0 Å². The Balaban J connectivity index is 0.00000312. The van der Waals surface area contributed by atoms with Crippen LogP contribution in [0.25, 0.3) is 0 Å². The highest BCUT2D eigenvalue weighted by molar-refractivity contribution is 14.0. The van der Waals surface area contributed by atoms with Crippen molar-refractivity contribution in [2.24, 2.45) is 12.0 Å². The van der Waals surface area contributed by atoms with Crippen molar-refractivity contribution < 1.29 is 17.9 Å². The predicted octanol–water partition coefficient (Wildman–Crippen LogP) is 2.80. The molecule has 1 aromatic carbocycles. The van der Waals surface area contributed by atoms with Gasteiger partial charge in [-0.15, -0.1) is 37.1 Å². The van der Waals surface area contributed by atoms with Crippen molar-refractivity contribution in [2.75, 3.05) is 7.05 Å². The van der Waals surface area contributed by atoms with E-state index < -0.39 is 6.36 Å². The number of hydrogen-bond donors (Lipinski definition) is 2. The molecule has 1 heterocycles. The molecule has 1 aromatic heterocycles. The summed E-state index contributed by atoms with van der Waals surface area (Å²) >= 11 is 0. The molecule has 0 spiro atoms. The van der Waals surface area contributed by atoms with Crippen molar-refractivity contribution in [2.45, 2.75) is 19.5 Å². The Morgan fingerprint density at radius 2 is 1.92 bits per heavy atom. The molecule has 0 saturated heterocycles. The van der Waals surface area contributed by atoms with Gasteiger partial charge >= 0.3 is 6.36 Å². The molecule has 0 radical (unpaired) electrons. The van der Waals surface area contributed by atoms with E-state index in [-0.39, 0.29) is 36.3 Å². The van der Waals surface area contributed by atoms with Gasteiger partial charge in [0.25, 0.3) is 0 Å². The third-order valence-electron chi connectivity index (χ3n) is 3.09. The Bertz CT molecular complexity index is 702. The summed E-state index contributed by atoms with van der Waals surface area (Å²) in [5, 5.41) is 10.1. The van der Waals surface area contributed by atoms with Crippen LogP contribution in [0.5, 0.6) is 5.75 Å². The smallest absolute Gasteiger partial charge is 0.405 e. The van der Waals surface area contributed by atoms with Crippen LogP contribution in [-0.4, -0.2) is 29.2 Å². The fourth-order valence-corrected chi connectivity index (χ4v) is 2.02. The summed E-state index contributed by atoms with van der Waals surface area (Å²) in [6, 6.07) is 5.96. The molecule has 0 aliphatic rings. The minimum absolute atomic E-state index is 0. The second kappa shape index (κ2) is 9.49. The molecule has 0 amide bonds. The van der Waals surface area contributed by atoms with Gasteiger partial charge in [0.1, 0.15) is 5.75 Å². The van der Waals surface area contributed by atoms with Crippen LogP contribution >= 0.6 is 24.0 Å². The minimum Gasteiger partial charge on any atom is -0.405 e. The van der Waals surface area contributed by atoms with E-state index in [1.165, 1.54) is 12.1 Å². The lowest BCUT2D eigenvalue weighted by Crippen LogP contribution is -2.36. The number of nitrogens with zero attached hydrogens (tertiary/aromatic N) is 3. The third-order valence-corrected chi connectivity index (χ3v) is 3.09. The highest BCUT2D eigenvalue weighted by Gasteiger charge is 2.31. The Morgan fingerprint density at radius 3 is 2.52 bits per heavy atom. The lowest BCUT2D eigenvalue weighted by atomic mass is 10.2. The van der Waals surface area contributed by atoms with Crippen LogP contribution in [0.2, 0.25) is 0 Å². The largest absolute Gasteiger partial charge is 0.573 e. The van der Waals surface area contributed by atoms with Gasteiger partial charge in [0, 0.05) is 44.5 Å². The van der Waals surface area contributed by atoms with Crippen LogP contribution in [0.3, 0.4) is 0 Å². The second-order valence-electron chi connectivity index (χ2n) is 4.96. The summed E-state index contributed by atoms with van der Waals surface area (Å²) in [6.45, 7) is 0.632. The number of hydrogen-bond acceptors (Lipinski definition) is 3. The summed E-state index contributed by atoms with van der Waals surface area (Å²) < 4.78 is 42.9. The maximum Gasteiger partial charge on any atom is 0.573 e. The molecule has 0 unspecified atom stereocenters. The zero-order valence-electron chi connectivity index (χ0n) is 13.7. The van der Waals surface area contributed by atoms with E-state index in [0.29, 0.717) is 18.1 Å². The number of halogens is 4. The summed E-state index contributed by atoms with van der Waals surface area (Å²) in [7, 11) is 3.39. The van der Waals surface area contributed by atoms with Crippen LogP contribution in [0.15, 0.2) is 41.7 Å². The number of guanidine groups is 1. The number of para-hydroxylation sites is 1. The first-order valence-corrected chi connectivity index (χ1v) is 7.13. The summed E-state index contributed by atoms with van der Waals surface area (Å²) in [6.07, 6.45) is -1.16. The average Bonchev–Trinajstić information content (AvgIpc) is 2.93. The molecular weight excluding hydrogens is 450 g/mol. The first-order valence-electron chi connectivity index (χ1n) is 7.13. The first kappa shape index (κ1) is 21.1. The van der Waals surface area contributed by atoms with Crippen molar-refractivity contribution >= 4 is 29.9 Å². The SMILES string of the molecule is CN=C(NCc1cnn(C)c1)NCc1ccccc1OC(F)(F)F.I. The maximum absolute atomic E-state index is 12.4. The van der Waals surface area contributed by atoms with Crippen molar-refractivity contribution in [3.8, 4) is 5.75 Å². The van der Waals surface area contributed by atoms with Gasteiger partial charge in [-0.05, 0) is 6.07 Å². The fraction of sp³-hybridized carbons (Fsp3) is 0.333. The average molecular weight is 469 g/mol. The Kier molecular flexibility index (Phi) is 8.00. The molecular formula is C15H19F3IN5O. The standard InChI is InChI=1S/C15H18F3N5O.HI/c1-19-14(20-7-11-8-22-23(2)10-11)21-9-12-5-3-4-6-13(12)24-15(16,17)18;/h3-6,8,10H,7,9H2,1-2H3,(H2,19,20,21);1H. The Morgan fingerprint density at radius 1 is 1.24 bits per heavy atom. The Labute approximate surface area is 160 Å². The minimum atomic E-state index is -4.73. The second-order valence-corrected chi connectivity index (χ2v) is 4.96. The molecule has 2 rings (SSSR count). The molecule has 0 atom stereocenters. The molecule has 0 fully saturated rings. The number of aromatic nitrogens is 2. The molecule has 138 valence electrons. The van der Waals surface area contributed by atoms with Gasteiger partial charge in [-0.2, -0.15) is 5.10 Å². The van der Waals surface area contributed by atoms with Gasteiger partial charge in [-0.25, -0.2) is 0 Å². The van der Waals surface area contributed by atoms with Crippen LogP contribution in [-0.2, 0) is 20.1 Å². The van der Waals surface area contributed by atoms with Crippen molar-refractivity contribution in [1.29, 1.82) is 0 Å². The molecule has 0 aliphatic heterocycles. The number of benzene rings is 1. The fourth-order valence-electron chi connectivity index (χ4n) is 2.02. The van der Waals surface area contributed by atoms with E-state index >= 15 is 0 Å². The normalized spacial score (nSPS) is 11.6. The van der Waals surface area contributed by atoms with Crippen LogP contribution < -0.4 is 15.4 Å². The molecule has 6 nitrogen and oxygen atoms in total. The highest BCUT2D eigenvalue weighted by Crippen LogP contribution is 2.25. The number of rotatable bonds is 5. The predicted molar refractivity (Wildman–Crippen MR) is 98.8 cm³/mol. The zero-order chi connectivity index (χ0) is 17.6. The van der Waals surface area contributed by atoms with Gasteiger partial charge in [-0.1, -0.05) is 18.2 Å². The maximum atomic E-state index is 12.4. The van der Waals surface area contributed by atoms with Crippen LogP contribution in [0, 0.1) is 0 Å². The lowest BCUT2D eigenvalue weighted by molar-refractivity contribution is -0.274. The molecule has 0 aliphatic carbocycles. The van der Waals surface area contributed by atoms with Gasteiger partial charge in [-0.3, -0.25) is 9.67 Å². The summed E-state index contributed by atoms with van der Waals surface area (Å²) in [4.78, 5) is 4.03. The van der Waals surface area contributed by atoms with Crippen LogP contribution in [0.4, 0.5) is 13.2 Å². The molecule has 25 heavy (non-hydrogen) atoms. The van der Waals surface area contributed by atoms with Gasteiger partial charge in [0.15, 0.2) is 5.96 Å². The number of nitrogens with one attached hydrogen (secondary N) is 2. The van der Waals surface area contributed by atoms with E-state index in [9.17, 15) is 13.2 Å². The van der Waals surface area contributed by atoms with E-state index in [1.807, 2.05) is 13.2 Å². The Hall–Kier alpha value is -1.98. The monoisotopic (exact) mass is 469 g/mol. The molecule has 2 aromatic rings.